The third-order valence-electron chi connectivity index (χ3n) is 3.44. The van der Waals surface area contributed by atoms with E-state index in [1.165, 1.54) is 12.8 Å². The van der Waals surface area contributed by atoms with Crippen molar-refractivity contribution in [3.8, 4) is 0 Å². The second kappa shape index (κ2) is 6.25. The zero-order chi connectivity index (χ0) is 14.7. The predicted molar refractivity (Wildman–Crippen MR) is 81.9 cm³/mol. The topological polar surface area (TPSA) is 45.2 Å². The predicted octanol–water partition coefficient (Wildman–Crippen LogP) is 3.16. The van der Waals surface area contributed by atoms with Crippen molar-refractivity contribution in [3.63, 3.8) is 0 Å². The number of carbonyl (C=O) groups excluding carboxylic acids is 1. The molecule has 1 aromatic rings. The molecule has 1 aliphatic rings. The number of nitrogens with zero attached hydrogens (tertiary/aromatic N) is 2. The summed E-state index contributed by atoms with van der Waals surface area (Å²) in [5.41, 5.74) is 0.532. The van der Waals surface area contributed by atoms with Gasteiger partial charge in [-0.2, -0.15) is 0 Å². The molecule has 1 fully saturated rings. The summed E-state index contributed by atoms with van der Waals surface area (Å²) in [6.07, 6.45) is 2.50. The van der Waals surface area contributed by atoms with Gasteiger partial charge in [0.25, 0.3) is 5.91 Å². The van der Waals surface area contributed by atoms with Crippen molar-refractivity contribution < 1.29 is 4.79 Å². The van der Waals surface area contributed by atoms with Crippen molar-refractivity contribution in [2.75, 3.05) is 11.9 Å². The van der Waals surface area contributed by atoms with Crippen molar-refractivity contribution in [3.05, 3.63) is 23.9 Å². The van der Waals surface area contributed by atoms with Gasteiger partial charge in [-0.15, -0.1) is 0 Å². The third kappa shape index (κ3) is 3.95. The van der Waals surface area contributed by atoms with E-state index in [0.717, 1.165) is 12.4 Å². The summed E-state index contributed by atoms with van der Waals surface area (Å²) in [4.78, 5) is 19.0. The molecule has 1 N–H and O–H groups in total. The molecule has 4 heteroatoms. The van der Waals surface area contributed by atoms with Crippen molar-refractivity contribution >= 4 is 11.7 Å². The lowest BCUT2D eigenvalue weighted by atomic mass is 10.2. The van der Waals surface area contributed by atoms with Crippen LogP contribution in [-0.4, -0.2) is 34.4 Å². The molecule has 0 aliphatic heterocycles. The van der Waals surface area contributed by atoms with Gasteiger partial charge in [-0.05, 0) is 58.6 Å². The zero-order valence-corrected chi connectivity index (χ0v) is 12.9. The van der Waals surface area contributed by atoms with Crippen molar-refractivity contribution in [2.24, 2.45) is 5.92 Å². The zero-order valence-electron chi connectivity index (χ0n) is 12.9. The van der Waals surface area contributed by atoms with Gasteiger partial charge in [-0.3, -0.25) is 4.79 Å². The summed E-state index contributed by atoms with van der Waals surface area (Å²) in [6.45, 7) is 9.11. The lowest BCUT2D eigenvalue weighted by molar-refractivity contribution is 0.0690. The van der Waals surface area contributed by atoms with Crippen LogP contribution in [0.5, 0.6) is 0 Å². The Bertz CT molecular complexity index is 467. The van der Waals surface area contributed by atoms with Crippen molar-refractivity contribution in [1.29, 1.82) is 0 Å². The smallest absolute Gasteiger partial charge is 0.272 e. The first-order chi connectivity index (χ1) is 9.47. The van der Waals surface area contributed by atoms with Crippen LogP contribution in [0.25, 0.3) is 0 Å². The molecule has 1 saturated carbocycles. The highest BCUT2D eigenvalue weighted by Crippen LogP contribution is 2.30. The number of nitrogens with one attached hydrogen (secondary N) is 1. The van der Waals surface area contributed by atoms with Crippen molar-refractivity contribution in [2.45, 2.75) is 52.6 Å². The Kier molecular flexibility index (Phi) is 4.63. The van der Waals surface area contributed by atoms with Gasteiger partial charge in [0.2, 0.25) is 0 Å². The molecule has 0 unspecified atom stereocenters. The minimum Gasteiger partial charge on any atom is -0.368 e. The Hall–Kier alpha value is -1.58. The van der Waals surface area contributed by atoms with E-state index in [-0.39, 0.29) is 11.9 Å². The number of pyridine rings is 1. The highest BCUT2D eigenvalue weighted by atomic mass is 16.2. The Morgan fingerprint density at radius 1 is 1.35 bits per heavy atom. The molecular formula is C16H25N3O. The SMILES string of the molecule is CC(C)Nc1cccc(C(=O)N(CC2CC2)C(C)C)n1. The summed E-state index contributed by atoms with van der Waals surface area (Å²) in [5.74, 6) is 1.50. The fraction of sp³-hybridized carbons (Fsp3) is 0.625. The maximum atomic E-state index is 12.6. The Balaban J connectivity index is 2.13. The highest BCUT2D eigenvalue weighted by Gasteiger charge is 2.29. The number of rotatable bonds is 6. The molecule has 0 bridgehead atoms. The quantitative estimate of drug-likeness (QED) is 0.867. The molecule has 1 amide bonds. The first-order valence-electron chi connectivity index (χ1n) is 7.52. The molecule has 0 spiro atoms. The number of carbonyl (C=O) groups is 1. The monoisotopic (exact) mass is 275 g/mol. The molecule has 20 heavy (non-hydrogen) atoms. The van der Waals surface area contributed by atoms with Crippen LogP contribution in [0.2, 0.25) is 0 Å². The molecular weight excluding hydrogens is 250 g/mol. The summed E-state index contributed by atoms with van der Waals surface area (Å²) in [6, 6.07) is 6.11. The lowest BCUT2D eigenvalue weighted by Gasteiger charge is -2.26. The lowest BCUT2D eigenvalue weighted by Crippen LogP contribution is -2.39. The average molecular weight is 275 g/mol. The van der Waals surface area contributed by atoms with Gasteiger partial charge >= 0.3 is 0 Å². The molecule has 1 heterocycles. The third-order valence-corrected chi connectivity index (χ3v) is 3.44. The van der Waals surface area contributed by atoms with Crippen LogP contribution >= 0.6 is 0 Å². The summed E-state index contributed by atoms with van der Waals surface area (Å²) in [5, 5.41) is 3.24. The minimum absolute atomic E-state index is 0.0410. The van der Waals surface area contributed by atoms with E-state index in [0.29, 0.717) is 17.7 Å². The van der Waals surface area contributed by atoms with Crippen LogP contribution in [0.4, 0.5) is 5.82 Å². The van der Waals surface area contributed by atoms with Crippen LogP contribution in [0.15, 0.2) is 18.2 Å². The van der Waals surface area contributed by atoms with Crippen LogP contribution in [-0.2, 0) is 0 Å². The molecule has 1 aliphatic carbocycles. The highest BCUT2D eigenvalue weighted by molar-refractivity contribution is 5.92. The standard InChI is InChI=1S/C16H25N3O/c1-11(2)17-15-7-5-6-14(18-15)16(20)19(12(3)4)10-13-8-9-13/h5-7,11-13H,8-10H2,1-4H3,(H,17,18). The Morgan fingerprint density at radius 2 is 2.05 bits per heavy atom. The molecule has 4 nitrogen and oxygen atoms in total. The van der Waals surface area contributed by atoms with Gasteiger partial charge in [0.05, 0.1) is 0 Å². The first kappa shape index (κ1) is 14.8. The van der Waals surface area contributed by atoms with Gasteiger partial charge in [0.15, 0.2) is 0 Å². The van der Waals surface area contributed by atoms with E-state index in [1.54, 1.807) is 6.07 Å². The molecule has 0 saturated heterocycles. The van der Waals surface area contributed by atoms with Gasteiger partial charge < -0.3 is 10.2 Å². The van der Waals surface area contributed by atoms with E-state index in [4.69, 9.17) is 0 Å². The summed E-state index contributed by atoms with van der Waals surface area (Å²) in [7, 11) is 0. The number of amides is 1. The van der Waals surface area contributed by atoms with E-state index >= 15 is 0 Å². The maximum absolute atomic E-state index is 12.6. The Morgan fingerprint density at radius 3 is 2.60 bits per heavy atom. The normalized spacial score (nSPS) is 14.7. The molecule has 0 atom stereocenters. The number of anilines is 1. The number of hydrogen-bond acceptors (Lipinski definition) is 3. The number of hydrogen-bond donors (Lipinski definition) is 1. The van der Waals surface area contributed by atoms with Crippen LogP contribution in [0.1, 0.15) is 51.0 Å². The van der Waals surface area contributed by atoms with Crippen molar-refractivity contribution in [1.82, 2.24) is 9.88 Å². The van der Waals surface area contributed by atoms with Gasteiger partial charge in [0, 0.05) is 18.6 Å². The van der Waals surface area contributed by atoms with E-state index in [1.807, 2.05) is 17.0 Å². The fourth-order valence-corrected chi connectivity index (χ4v) is 2.18. The van der Waals surface area contributed by atoms with Gasteiger partial charge in [-0.25, -0.2) is 4.98 Å². The van der Waals surface area contributed by atoms with E-state index in [2.05, 4.69) is 38.0 Å². The fourth-order valence-electron chi connectivity index (χ4n) is 2.18. The molecule has 110 valence electrons. The largest absolute Gasteiger partial charge is 0.368 e. The van der Waals surface area contributed by atoms with Gasteiger partial charge in [-0.1, -0.05) is 6.07 Å². The average Bonchev–Trinajstić information content (AvgIpc) is 3.18. The first-order valence-corrected chi connectivity index (χ1v) is 7.52. The van der Waals surface area contributed by atoms with Crippen LogP contribution in [0, 0.1) is 5.92 Å². The molecule has 2 rings (SSSR count). The van der Waals surface area contributed by atoms with E-state index in [9.17, 15) is 4.79 Å². The van der Waals surface area contributed by atoms with Crippen LogP contribution < -0.4 is 5.32 Å². The Labute approximate surface area is 121 Å². The minimum atomic E-state index is 0.0410. The van der Waals surface area contributed by atoms with Crippen LogP contribution in [0.3, 0.4) is 0 Å². The van der Waals surface area contributed by atoms with Gasteiger partial charge in [0.1, 0.15) is 11.5 Å². The summed E-state index contributed by atoms with van der Waals surface area (Å²) < 4.78 is 0. The van der Waals surface area contributed by atoms with E-state index < -0.39 is 0 Å². The molecule has 1 aromatic heterocycles. The summed E-state index contributed by atoms with van der Waals surface area (Å²) >= 11 is 0. The molecule has 0 aromatic carbocycles. The second-order valence-corrected chi connectivity index (χ2v) is 6.20. The number of aromatic nitrogens is 1. The maximum Gasteiger partial charge on any atom is 0.272 e. The second-order valence-electron chi connectivity index (χ2n) is 6.20. The molecule has 0 radical (unpaired) electrons.